The number of halogens is 1. The van der Waals surface area contributed by atoms with Crippen molar-refractivity contribution in [2.75, 3.05) is 5.32 Å². The Kier molecular flexibility index (Phi) is 3.42. The summed E-state index contributed by atoms with van der Waals surface area (Å²) in [4.78, 5) is 16.0. The smallest absolute Gasteiger partial charge is 0.273 e. The van der Waals surface area contributed by atoms with Gasteiger partial charge in [-0.1, -0.05) is 0 Å². The lowest BCUT2D eigenvalue weighted by Crippen LogP contribution is -2.12. The predicted molar refractivity (Wildman–Crippen MR) is 76.2 cm³/mol. The molecule has 0 aliphatic rings. The molecule has 0 unspecified atom stereocenters. The number of hydrogen-bond acceptors (Lipinski definition) is 3. The summed E-state index contributed by atoms with van der Waals surface area (Å²) in [6.45, 7) is 0. The van der Waals surface area contributed by atoms with Gasteiger partial charge >= 0.3 is 0 Å². The minimum absolute atomic E-state index is 0.316. The Balaban J connectivity index is 1.78. The molecule has 104 valence electrons. The van der Waals surface area contributed by atoms with E-state index < -0.39 is 0 Å². The van der Waals surface area contributed by atoms with E-state index >= 15 is 0 Å². The normalized spacial score (nSPS) is 10.3. The van der Waals surface area contributed by atoms with Gasteiger partial charge in [0.2, 0.25) is 0 Å². The monoisotopic (exact) mass is 282 g/mol. The molecule has 2 N–H and O–H groups in total. The molecule has 1 amide bonds. The highest BCUT2D eigenvalue weighted by Crippen LogP contribution is 2.18. The number of carbonyl (C=O) groups is 1. The van der Waals surface area contributed by atoms with Crippen LogP contribution in [0.5, 0.6) is 0 Å². The molecule has 0 fully saturated rings. The summed E-state index contributed by atoms with van der Waals surface area (Å²) in [6, 6.07) is 11.0. The summed E-state index contributed by atoms with van der Waals surface area (Å²) in [5, 5.41) is 9.42. The minimum Gasteiger partial charge on any atom is -0.319 e. The second kappa shape index (κ2) is 5.54. The Morgan fingerprint density at radius 3 is 2.71 bits per heavy atom. The highest BCUT2D eigenvalue weighted by Gasteiger charge is 2.11. The summed E-state index contributed by atoms with van der Waals surface area (Å²) < 4.78 is 12.9. The highest BCUT2D eigenvalue weighted by molar-refractivity contribution is 6.03. The van der Waals surface area contributed by atoms with Crippen LogP contribution in [0, 0.1) is 5.82 Å². The molecule has 6 heteroatoms. The van der Waals surface area contributed by atoms with Crippen molar-refractivity contribution in [2.24, 2.45) is 0 Å². The average Bonchev–Trinajstić information content (AvgIpc) is 2.99. The summed E-state index contributed by atoms with van der Waals surface area (Å²) in [5.41, 5.74) is 2.22. The van der Waals surface area contributed by atoms with Gasteiger partial charge in [0.05, 0.1) is 17.6 Å². The molecule has 3 rings (SSSR count). The number of nitrogens with one attached hydrogen (secondary N) is 2. The Morgan fingerprint density at radius 1 is 1.19 bits per heavy atom. The van der Waals surface area contributed by atoms with Gasteiger partial charge < -0.3 is 5.32 Å². The predicted octanol–water partition coefficient (Wildman–Crippen LogP) is 2.86. The maximum absolute atomic E-state index is 12.9. The van der Waals surface area contributed by atoms with Gasteiger partial charge in [0.25, 0.3) is 5.91 Å². The topological polar surface area (TPSA) is 70.7 Å². The van der Waals surface area contributed by atoms with Gasteiger partial charge in [0.1, 0.15) is 11.5 Å². The molecule has 1 aromatic carbocycles. The van der Waals surface area contributed by atoms with Crippen molar-refractivity contribution in [2.45, 2.75) is 0 Å². The minimum atomic E-state index is -0.316. The van der Waals surface area contributed by atoms with Crippen molar-refractivity contribution >= 4 is 11.6 Å². The maximum atomic E-state index is 12.9. The van der Waals surface area contributed by atoms with E-state index in [1.807, 2.05) is 0 Å². The molecule has 2 heterocycles. The van der Waals surface area contributed by atoms with Crippen LogP contribution in [0.2, 0.25) is 0 Å². The van der Waals surface area contributed by atoms with Gasteiger partial charge in [0, 0.05) is 11.8 Å². The summed E-state index contributed by atoms with van der Waals surface area (Å²) in [7, 11) is 0. The zero-order valence-electron chi connectivity index (χ0n) is 10.9. The molecule has 0 spiro atoms. The molecule has 0 saturated heterocycles. The van der Waals surface area contributed by atoms with Crippen LogP contribution in [0.3, 0.4) is 0 Å². The first kappa shape index (κ1) is 13.0. The number of carbonyl (C=O) groups excluding carboxylic acids is 1. The van der Waals surface area contributed by atoms with Crippen molar-refractivity contribution < 1.29 is 9.18 Å². The van der Waals surface area contributed by atoms with Crippen LogP contribution in [0.1, 0.15) is 10.5 Å². The number of aromatic amines is 1. The molecule has 0 bridgehead atoms. The standard InChI is InChI=1S/C15H11FN4O/c16-11-5-3-10(4-6-11)13-8-14(20-19-13)15(21)18-12-2-1-7-17-9-12/h1-9H,(H,18,21)(H,19,20). The molecule has 5 nitrogen and oxygen atoms in total. The summed E-state index contributed by atoms with van der Waals surface area (Å²) >= 11 is 0. The van der Waals surface area contributed by atoms with Crippen LogP contribution in [-0.4, -0.2) is 21.1 Å². The van der Waals surface area contributed by atoms with Crippen molar-refractivity contribution in [3.8, 4) is 11.3 Å². The van der Waals surface area contributed by atoms with Gasteiger partial charge in [-0.25, -0.2) is 4.39 Å². The van der Waals surface area contributed by atoms with E-state index in [4.69, 9.17) is 0 Å². The largest absolute Gasteiger partial charge is 0.319 e. The van der Waals surface area contributed by atoms with Crippen LogP contribution in [0.4, 0.5) is 10.1 Å². The first-order chi connectivity index (χ1) is 10.2. The molecule has 0 saturated carbocycles. The molecule has 0 radical (unpaired) electrons. The zero-order valence-corrected chi connectivity index (χ0v) is 10.9. The first-order valence-electron chi connectivity index (χ1n) is 6.25. The van der Waals surface area contributed by atoms with Crippen molar-refractivity contribution in [1.82, 2.24) is 15.2 Å². The van der Waals surface area contributed by atoms with Gasteiger partial charge in [-0.15, -0.1) is 0 Å². The highest BCUT2D eigenvalue weighted by atomic mass is 19.1. The van der Waals surface area contributed by atoms with Crippen LogP contribution in [0.25, 0.3) is 11.3 Å². The number of aromatic nitrogens is 3. The molecule has 0 aliphatic carbocycles. The van der Waals surface area contributed by atoms with Crippen molar-refractivity contribution in [3.05, 3.63) is 66.4 Å². The number of hydrogen-bond donors (Lipinski definition) is 2. The Morgan fingerprint density at radius 2 is 2.00 bits per heavy atom. The Labute approximate surface area is 119 Å². The quantitative estimate of drug-likeness (QED) is 0.776. The number of pyridine rings is 1. The van der Waals surface area contributed by atoms with Crippen LogP contribution < -0.4 is 5.32 Å². The Hall–Kier alpha value is -3.02. The number of nitrogens with zero attached hydrogens (tertiary/aromatic N) is 2. The SMILES string of the molecule is O=C(Nc1cccnc1)c1cc(-c2ccc(F)cc2)n[nH]1. The van der Waals surface area contributed by atoms with Gasteiger partial charge in [-0.3, -0.25) is 14.9 Å². The lowest BCUT2D eigenvalue weighted by Gasteiger charge is -2.01. The zero-order chi connectivity index (χ0) is 14.7. The van der Waals surface area contributed by atoms with E-state index in [0.29, 0.717) is 17.1 Å². The van der Waals surface area contributed by atoms with E-state index in [1.165, 1.54) is 12.1 Å². The average molecular weight is 282 g/mol. The fraction of sp³-hybridized carbons (Fsp3) is 0. The third-order valence-corrected chi connectivity index (χ3v) is 2.88. The molecule has 3 aromatic rings. The second-order valence-electron chi connectivity index (χ2n) is 4.37. The molecule has 0 atom stereocenters. The summed E-state index contributed by atoms with van der Waals surface area (Å²) in [5.74, 6) is -0.632. The Bertz CT molecular complexity index is 753. The lowest BCUT2D eigenvalue weighted by atomic mass is 10.1. The first-order valence-corrected chi connectivity index (χ1v) is 6.25. The molecule has 21 heavy (non-hydrogen) atoms. The van der Waals surface area contributed by atoms with E-state index in [2.05, 4.69) is 20.5 Å². The fourth-order valence-corrected chi connectivity index (χ4v) is 1.84. The fourth-order valence-electron chi connectivity index (χ4n) is 1.84. The molecule has 0 aliphatic heterocycles. The van der Waals surface area contributed by atoms with Crippen molar-refractivity contribution in [1.29, 1.82) is 0 Å². The van der Waals surface area contributed by atoms with E-state index in [9.17, 15) is 9.18 Å². The molecular weight excluding hydrogens is 271 g/mol. The number of rotatable bonds is 3. The summed E-state index contributed by atoms with van der Waals surface area (Å²) in [6.07, 6.45) is 3.17. The lowest BCUT2D eigenvalue weighted by molar-refractivity contribution is 0.102. The molecule has 2 aromatic heterocycles. The number of amides is 1. The van der Waals surface area contributed by atoms with Crippen LogP contribution in [0.15, 0.2) is 54.9 Å². The number of benzene rings is 1. The maximum Gasteiger partial charge on any atom is 0.273 e. The van der Waals surface area contributed by atoms with Gasteiger partial charge in [-0.2, -0.15) is 5.10 Å². The third kappa shape index (κ3) is 2.94. The van der Waals surface area contributed by atoms with E-state index in [1.54, 1.807) is 42.7 Å². The van der Waals surface area contributed by atoms with Crippen LogP contribution in [-0.2, 0) is 0 Å². The van der Waals surface area contributed by atoms with E-state index in [0.717, 1.165) is 5.56 Å². The van der Waals surface area contributed by atoms with E-state index in [-0.39, 0.29) is 11.7 Å². The van der Waals surface area contributed by atoms with Gasteiger partial charge in [0.15, 0.2) is 0 Å². The van der Waals surface area contributed by atoms with Crippen LogP contribution >= 0.6 is 0 Å². The molecular formula is C15H11FN4O. The van der Waals surface area contributed by atoms with Crippen molar-refractivity contribution in [3.63, 3.8) is 0 Å². The number of H-pyrrole nitrogens is 1. The third-order valence-electron chi connectivity index (χ3n) is 2.88. The second-order valence-corrected chi connectivity index (χ2v) is 4.37. The van der Waals surface area contributed by atoms with Gasteiger partial charge in [-0.05, 0) is 42.5 Å². The number of anilines is 1.